The zero-order valence-corrected chi connectivity index (χ0v) is 16.5. The van der Waals surface area contributed by atoms with Crippen LogP contribution in [0.15, 0.2) is 59.6 Å². The maximum atomic E-state index is 12.6. The molecule has 29 heavy (non-hydrogen) atoms. The highest BCUT2D eigenvalue weighted by atomic mass is 16.2. The molecule has 0 aromatic heterocycles. The zero-order chi connectivity index (χ0) is 20.2. The van der Waals surface area contributed by atoms with Crippen LogP contribution in [0.3, 0.4) is 0 Å². The summed E-state index contributed by atoms with van der Waals surface area (Å²) in [5.74, 6) is -0.340. The number of hydrazine groups is 1. The first-order chi connectivity index (χ1) is 14.1. The molecule has 7 heteroatoms. The summed E-state index contributed by atoms with van der Waals surface area (Å²) in [6.45, 7) is 4.87. The van der Waals surface area contributed by atoms with Gasteiger partial charge in [0.1, 0.15) is 6.04 Å². The summed E-state index contributed by atoms with van der Waals surface area (Å²) in [5.41, 5.74) is 6.30. The molecule has 0 bridgehead atoms. The lowest BCUT2D eigenvalue weighted by atomic mass is 10.00. The van der Waals surface area contributed by atoms with Gasteiger partial charge in [-0.15, -0.1) is 0 Å². The lowest BCUT2D eigenvalue weighted by Crippen LogP contribution is -2.58. The number of carbonyl (C=O) groups excluding carboxylic acids is 2. The van der Waals surface area contributed by atoms with Crippen molar-refractivity contribution in [2.75, 3.05) is 24.6 Å². The summed E-state index contributed by atoms with van der Waals surface area (Å²) in [4.78, 5) is 31.6. The number of carbonyl (C=O) groups is 2. The van der Waals surface area contributed by atoms with E-state index in [4.69, 9.17) is 0 Å². The van der Waals surface area contributed by atoms with E-state index in [1.54, 1.807) is 6.92 Å². The minimum Gasteiger partial charge on any atom is -0.348 e. The van der Waals surface area contributed by atoms with E-state index in [0.29, 0.717) is 12.2 Å². The van der Waals surface area contributed by atoms with E-state index < -0.39 is 6.04 Å². The number of nitrogens with zero attached hydrogens (tertiary/aromatic N) is 3. The van der Waals surface area contributed by atoms with Gasteiger partial charge in [0.25, 0.3) is 11.8 Å². The van der Waals surface area contributed by atoms with Crippen molar-refractivity contribution in [2.24, 2.45) is 4.99 Å². The Hall–Kier alpha value is -3.19. The molecule has 0 saturated carbocycles. The molecule has 150 valence electrons. The van der Waals surface area contributed by atoms with Gasteiger partial charge in [-0.1, -0.05) is 42.5 Å². The Morgan fingerprint density at radius 3 is 2.66 bits per heavy atom. The van der Waals surface area contributed by atoms with Crippen LogP contribution in [-0.2, 0) is 22.6 Å². The van der Waals surface area contributed by atoms with E-state index in [1.807, 2.05) is 30.3 Å². The van der Waals surface area contributed by atoms with E-state index >= 15 is 0 Å². The maximum Gasteiger partial charge on any atom is 0.288 e. The van der Waals surface area contributed by atoms with Crippen molar-refractivity contribution in [3.8, 4) is 0 Å². The Kier molecular flexibility index (Phi) is 5.57. The number of amidine groups is 1. The fraction of sp³-hybridized carbons (Fsp3) is 0.318. The Morgan fingerprint density at radius 2 is 1.86 bits per heavy atom. The predicted octanol–water partition coefficient (Wildman–Crippen LogP) is 1.50. The molecule has 2 heterocycles. The number of fused-ring (bicyclic) bond motifs is 1. The third-order valence-electron chi connectivity index (χ3n) is 5.27. The molecule has 2 N–H and O–H groups in total. The summed E-state index contributed by atoms with van der Waals surface area (Å²) in [5, 5.41) is 4.30. The number of hydrogen-bond acceptors (Lipinski definition) is 5. The molecule has 1 unspecified atom stereocenters. The smallest absolute Gasteiger partial charge is 0.288 e. The number of hydrogen-bond donors (Lipinski definition) is 2. The third kappa shape index (κ3) is 4.30. The summed E-state index contributed by atoms with van der Waals surface area (Å²) in [6, 6.07) is 17.1. The average Bonchev–Trinajstić information content (AvgIpc) is 2.76. The van der Waals surface area contributed by atoms with Crippen molar-refractivity contribution < 1.29 is 9.59 Å². The number of para-hydroxylation sites is 1. The molecule has 2 amide bonds. The minimum absolute atomic E-state index is 0.157. The van der Waals surface area contributed by atoms with Crippen LogP contribution in [0, 0.1) is 0 Å². The minimum atomic E-state index is -0.615. The van der Waals surface area contributed by atoms with Crippen LogP contribution in [0.2, 0.25) is 0 Å². The molecule has 7 nitrogen and oxygen atoms in total. The van der Waals surface area contributed by atoms with Crippen LogP contribution in [0.25, 0.3) is 0 Å². The fourth-order valence-corrected chi connectivity index (χ4v) is 3.66. The average molecular weight is 391 g/mol. The van der Waals surface area contributed by atoms with Crippen molar-refractivity contribution in [1.29, 1.82) is 0 Å². The summed E-state index contributed by atoms with van der Waals surface area (Å²) in [6.07, 6.45) is 1.03. The molecular formula is C22H25N5O2. The lowest BCUT2D eigenvalue weighted by Gasteiger charge is -2.31. The first-order valence-electron chi connectivity index (χ1n) is 9.92. The molecular weight excluding hydrogens is 366 g/mol. The molecule has 0 fully saturated rings. The van der Waals surface area contributed by atoms with Gasteiger partial charge in [-0.2, -0.15) is 0 Å². The molecule has 0 spiro atoms. The van der Waals surface area contributed by atoms with Crippen LogP contribution in [0.1, 0.15) is 18.1 Å². The normalized spacial score (nSPS) is 19.2. The van der Waals surface area contributed by atoms with Crippen LogP contribution in [0.5, 0.6) is 0 Å². The van der Waals surface area contributed by atoms with Crippen molar-refractivity contribution in [1.82, 2.24) is 15.6 Å². The van der Waals surface area contributed by atoms with Crippen LogP contribution >= 0.6 is 0 Å². The monoisotopic (exact) mass is 391 g/mol. The molecule has 2 aromatic rings. The largest absolute Gasteiger partial charge is 0.348 e. The Balaban J connectivity index is 1.33. The van der Waals surface area contributed by atoms with Gasteiger partial charge in [0.05, 0.1) is 5.69 Å². The number of amides is 2. The molecule has 1 atom stereocenters. The summed E-state index contributed by atoms with van der Waals surface area (Å²) >= 11 is 0. The van der Waals surface area contributed by atoms with E-state index in [2.05, 4.69) is 44.9 Å². The highest BCUT2D eigenvalue weighted by molar-refractivity contribution is 6.39. The Bertz CT molecular complexity index is 928. The van der Waals surface area contributed by atoms with Crippen molar-refractivity contribution in [3.63, 3.8) is 0 Å². The third-order valence-corrected chi connectivity index (χ3v) is 5.27. The summed E-state index contributed by atoms with van der Waals surface area (Å²) < 4.78 is 0. The molecule has 0 radical (unpaired) electrons. The van der Waals surface area contributed by atoms with Gasteiger partial charge in [0.2, 0.25) is 5.84 Å². The number of aliphatic imine (C=N–C) groups is 1. The van der Waals surface area contributed by atoms with Gasteiger partial charge in [-0.3, -0.25) is 19.9 Å². The molecule has 0 saturated heterocycles. The molecule has 0 aliphatic carbocycles. The van der Waals surface area contributed by atoms with Gasteiger partial charge in [-0.05, 0) is 36.6 Å². The van der Waals surface area contributed by atoms with Gasteiger partial charge in [0, 0.05) is 26.2 Å². The van der Waals surface area contributed by atoms with Gasteiger partial charge >= 0.3 is 0 Å². The highest BCUT2D eigenvalue weighted by Crippen LogP contribution is 2.18. The SMILES string of the molecule is CC1N=C(C(=O)NCCN2CCc3ccccc3C2)NN(c2ccccc2)C1=O. The van der Waals surface area contributed by atoms with Crippen molar-refractivity contribution >= 4 is 23.3 Å². The van der Waals surface area contributed by atoms with E-state index in [1.165, 1.54) is 16.1 Å². The predicted molar refractivity (Wildman–Crippen MR) is 112 cm³/mol. The van der Waals surface area contributed by atoms with E-state index in [9.17, 15) is 9.59 Å². The van der Waals surface area contributed by atoms with Crippen LogP contribution in [0.4, 0.5) is 5.69 Å². The van der Waals surface area contributed by atoms with E-state index in [0.717, 1.165) is 26.1 Å². The quantitative estimate of drug-likeness (QED) is 0.810. The molecule has 4 rings (SSSR count). The van der Waals surface area contributed by atoms with Crippen LogP contribution < -0.4 is 15.8 Å². The second kappa shape index (κ2) is 8.45. The fourth-order valence-electron chi connectivity index (χ4n) is 3.66. The standard InChI is InChI=1S/C22H25N5O2/c1-16-22(29)27(19-9-3-2-4-10-19)25-20(24-16)21(28)23-12-14-26-13-11-17-7-5-6-8-18(17)15-26/h2-10,16H,11-15H2,1H3,(H,23,28)(H,24,25). The van der Waals surface area contributed by atoms with Crippen molar-refractivity contribution in [3.05, 3.63) is 65.7 Å². The first-order valence-corrected chi connectivity index (χ1v) is 9.92. The zero-order valence-electron chi connectivity index (χ0n) is 16.5. The second-order valence-electron chi connectivity index (χ2n) is 7.33. The number of nitrogens with one attached hydrogen (secondary N) is 2. The number of rotatable bonds is 5. The highest BCUT2D eigenvalue weighted by Gasteiger charge is 2.30. The Morgan fingerprint density at radius 1 is 1.14 bits per heavy atom. The first kappa shape index (κ1) is 19.1. The van der Waals surface area contributed by atoms with Gasteiger partial charge < -0.3 is 5.32 Å². The molecule has 2 aliphatic heterocycles. The van der Waals surface area contributed by atoms with E-state index in [-0.39, 0.29) is 17.6 Å². The molecule has 2 aliphatic rings. The number of benzene rings is 2. The van der Waals surface area contributed by atoms with Crippen LogP contribution in [-0.4, -0.2) is 48.2 Å². The summed E-state index contributed by atoms with van der Waals surface area (Å²) in [7, 11) is 0. The second-order valence-corrected chi connectivity index (χ2v) is 7.33. The Labute approximate surface area is 170 Å². The topological polar surface area (TPSA) is 77.0 Å². The van der Waals surface area contributed by atoms with Gasteiger partial charge in [-0.25, -0.2) is 10.0 Å². The van der Waals surface area contributed by atoms with Gasteiger partial charge in [0.15, 0.2) is 0 Å². The number of anilines is 1. The lowest BCUT2D eigenvalue weighted by molar-refractivity contribution is -0.120. The maximum absolute atomic E-state index is 12.6. The molecule has 2 aromatic carbocycles. The van der Waals surface area contributed by atoms with Crippen molar-refractivity contribution in [2.45, 2.75) is 25.9 Å².